The van der Waals surface area contributed by atoms with E-state index in [0.717, 1.165) is 44.3 Å². The van der Waals surface area contributed by atoms with Gasteiger partial charge in [0.1, 0.15) is 0 Å². The maximum Gasteiger partial charge on any atom is 0.187 e. The van der Waals surface area contributed by atoms with Crippen molar-refractivity contribution in [3.05, 3.63) is 219 Å². The third kappa shape index (κ3) is 6.25. The lowest BCUT2D eigenvalue weighted by atomic mass is 9.83. The standard InChI is InChI=1S/C72H47N3/c1-37-15-16-38(2)55(23-37)61-33-67-66-30-58-49-13-9-11-47-51(69-40(4)24-45(36-74)25-41(69)5)19-21-53(71(47)49)60(58)32-64(66)62(56-28-44(35-73)18-17-39(56)3)34-68(67)65-29-57-50-14-10-12-48-52(70-42(6)26-46(75-8)27-43(70)7)20-22-54(72(48)50)59(57)31-63(61)65/h9-34H,1-7H3. The second-order valence-electron chi connectivity index (χ2n) is 21.2. The zero-order valence-electron chi connectivity index (χ0n) is 42.9. The third-order valence-electron chi connectivity index (χ3n) is 16.8. The van der Waals surface area contributed by atoms with E-state index in [4.69, 9.17) is 6.57 Å². The summed E-state index contributed by atoms with van der Waals surface area (Å²) >= 11 is 0. The molecule has 0 fully saturated rings. The molecule has 0 radical (unpaired) electrons. The molecule has 0 spiro atoms. The Balaban J connectivity index is 1.09. The maximum atomic E-state index is 10.4. The van der Waals surface area contributed by atoms with E-state index in [9.17, 15) is 10.5 Å². The first-order valence-corrected chi connectivity index (χ1v) is 25.7. The van der Waals surface area contributed by atoms with Crippen LogP contribution in [0.3, 0.4) is 0 Å². The van der Waals surface area contributed by atoms with E-state index >= 15 is 0 Å². The summed E-state index contributed by atoms with van der Waals surface area (Å²) in [6.45, 7) is 22.8. The van der Waals surface area contributed by atoms with Gasteiger partial charge in [0.15, 0.2) is 5.69 Å². The first kappa shape index (κ1) is 44.1. The van der Waals surface area contributed by atoms with Gasteiger partial charge in [-0.15, -0.1) is 0 Å². The van der Waals surface area contributed by atoms with Crippen molar-refractivity contribution in [2.45, 2.75) is 48.5 Å². The Morgan fingerprint density at radius 1 is 0.307 bits per heavy atom. The van der Waals surface area contributed by atoms with Crippen molar-refractivity contribution in [2.24, 2.45) is 0 Å². The number of hydrogen-bond donors (Lipinski definition) is 0. The molecule has 2 aliphatic carbocycles. The van der Waals surface area contributed by atoms with Crippen LogP contribution in [0.25, 0.3) is 148 Å². The second kappa shape index (κ2) is 16.0. The highest BCUT2D eigenvalue weighted by Gasteiger charge is 2.29. The molecule has 0 aromatic heterocycles. The molecule has 0 aliphatic heterocycles. The van der Waals surface area contributed by atoms with Crippen molar-refractivity contribution in [1.29, 1.82) is 10.5 Å². The van der Waals surface area contributed by atoms with Crippen LogP contribution < -0.4 is 0 Å². The lowest BCUT2D eigenvalue weighted by Gasteiger charge is -2.20. The van der Waals surface area contributed by atoms with E-state index in [2.05, 4.69) is 193 Å². The Morgan fingerprint density at radius 2 is 0.707 bits per heavy atom. The largest absolute Gasteiger partial charge is 0.238 e. The predicted molar refractivity (Wildman–Crippen MR) is 313 cm³/mol. The van der Waals surface area contributed by atoms with Crippen LogP contribution in [0.1, 0.15) is 50.1 Å². The normalized spacial score (nSPS) is 11.9. The molecule has 0 atom stereocenters. The van der Waals surface area contributed by atoms with Crippen molar-refractivity contribution >= 4 is 59.5 Å². The highest BCUT2D eigenvalue weighted by Crippen LogP contribution is 2.56. The molecule has 75 heavy (non-hydrogen) atoms. The Kier molecular flexibility index (Phi) is 9.39. The summed E-state index contributed by atoms with van der Waals surface area (Å²) in [4.78, 5) is 3.78. The van der Waals surface area contributed by atoms with Gasteiger partial charge in [0, 0.05) is 0 Å². The van der Waals surface area contributed by atoms with Crippen LogP contribution in [-0.2, 0) is 0 Å². The van der Waals surface area contributed by atoms with Gasteiger partial charge in [-0.2, -0.15) is 10.5 Å². The number of aryl methyl sites for hydroxylation is 7. The average molecular weight is 954 g/mol. The lowest BCUT2D eigenvalue weighted by Crippen LogP contribution is -1.94. The van der Waals surface area contributed by atoms with Gasteiger partial charge in [-0.3, -0.25) is 0 Å². The Morgan fingerprint density at radius 3 is 1.19 bits per heavy atom. The van der Waals surface area contributed by atoms with Gasteiger partial charge in [-0.05, 0) is 274 Å². The van der Waals surface area contributed by atoms with E-state index in [1.165, 1.54) is 137 Å². The molecule has 0 saturated carbocycles. The fourth-order valence-corrected chi connectivity index (χ4v) is 13.5. The van der Waals surface area contributed by atoms with E-state index in [1.54, 1.807) is 0 Å². The van der Waals surface area contributed by atoms with E-state index in [1.807, 2.05) is 30.3 Å². The van der Waals surface area contributed by atoms with Gasteiger partial charge >= 0.3 is 0 Å². The van der Waals surface area contributed by atoms with E-state index < -0.39 is 0 Å². The quantitative estimate of drug-likeness (QED) is 0.130. The first-order valence-electron chi connectivity index (χ1n) is 25.7. The fraction of sp³-hybridized carbons (Fsp3) is 0.0972. The predicted octanol–water partition coefficient (Wildman–Crippen LogP) is 19.9. The zero-order valence-corrected chi connectivity index (χ0v) is 42.9. The van der Waals surface area contributed by atoms with Gasteiger partial charge in [-0.25, -0.2) is 4.85 Å². The zero-order chi connectivity index (χ0) is 51.3. The number of nitrogens with zero attached hydrogens (tertiary/aromatic N) is 3. The highest BCUT2D eigenvalue weighted by molar-refractivity contribution is 6.30. The smallest absolute Gasteiger partial charge is 0.187 e. The molecule has 350 valence electrons. The van der Waals surface area contributed by atoms with Gasteiger partial charge in [-0.1, -0.05) is 114 Å². The van der Waals surface area contributed by atoms with E-state index in [-0.39, 0.29) is 0 Å². The number of hydrogen-bond acceptors (Lipinski definition) is 2. The van der Waals surface area contributed by atoms with Crippen LogP contribution in [0.4, 0.5) is 5.69 Å². The maximum absolute atomic E-state index is 10.4. The summed E-state index contributed by atoms with van der Waals surface area (Å²) in [5, 5.41) is 32.2. The molecule has 0 saturated heterocycles. The van der Waals surface area contributed by atoms with Gasteiger partial charge < -0.3 is 0 Å². The SMILES string of the molecule is [C-]#[N+]c1cc(C)c(-c2ccc3c4c(cccc24)-c2cc4c(cc2-3)c(-c2cc(C)ccc2C)cc2c3cc5c(cc3c(-c3cc(C#N)ccc3C)cc42)-c2ccc(-c3c(C)cc(C#N)cc3C)c3cccc-5c23)c(C)c1. The lowest BCUT2D eigenvalue weighted by molar-refractivity contribution is 1.35. The first-order chi connectivity index (χ1) is 36.4. The van der Waals surface area contributed by atoms with Crippen molar-refractivity contribution in [1.82, 2.24) is 0 Å². The van der Waals surface area contributed by atoms with Crippen molar-refractivity contribution < 1.29 is 0 Å². The van der Waals surface area contributed by atoms with Gasteiger partial charge in [0.25, 0.3) is 0 Å². The minimum Gasteiger partial charge on any atom is -0.238 e. The summed E-state index contributed by atoms with van der Waals surface area (Å²) < 4.78 is 0. The molecule has 12 aromatic carbocycles. The highest BCUT2D eigenvalue weighted by atomic mass is 14.6. The Hall–Kier alpha value is -9.59. The van der Waals surface area contributed by atoms with E-state index in [0.29, 0.717) is 16.8 Å². The van der Waals surface area contributed by atoms with Crippen LogP contribution in [0, 0.1) is 77.7 Å². The van der Waals surface area contributed by atoms with Crippen molar-refractivity contribution in [3.8, 4) is 101 Å². The van der Waals surface area contributed by atoms with Crippen LogP contribution in [-0.4, -0.2) is 0 Å². The van der Waals surface area contributed by atoms with Gasteiger partial charge in [0.2, 0.25) is 0 Å². The van der Waals surface area contributed by atoms with Gasteiger partial charge in [0.05, 0.1) is 29.8 Å². The number of rotatable bonds is 4. The molecular formula is C72H47N3. The monoisotopic (exact) mass is 953 g/mol. The van der Waals surface area contributed by atoms with Crippen molar-refractivity contribution in [3.63, 3.8) is 0 Å². The fourth-order valence-electron chi connectivity index (χ4n) is 13.5. The molecule has 2 aliphatic rings. The topological polar surface area (TPSA) is 51.9 Å². The molecule has 0 N–H and O–H groups in total. The average Bonchev–Trinajstić information content (AvgIpc) is 4.08. The summed E-state index contributed by atoms with van der Waals surface area (Å²) in [7, 11) is 0. The molecule has 0 bridgehead atoms. The number of nitriles is 2. The molecule has 0 heterocycles. The van der Waals surface area contributed by atoms with Crippen LogP contribution in [0.5, 0.6) is 0 Å². The molecule has 3 heteroatoms. The van der Waals surface area contributed by atoms with Crippen LogP contribution in [0.2, 0.25) is 0 Å². The van der Waals surface area contributed by atoms with Crippen LogP contribution >= 0.6 is 0 Å². The summed E-state index contributed by atoms with van der Waals surface area (Å²) in [6, 6.07) is 63.2. The van der Waals surface area contributed by atoms with Crippen LogP contribution in [0.15, 0.2) is 158 Å². The number of fused-ring (bicyclic) bond motifs is 11. The minimum absolute atomic E-state index is 0.633. The molecule has 0 amide bonds. The summed E-state index contributed by atoms with van der Waals surface area (Å²) in [5.41, 5.74) is 29.0. The molecular weight excluding hydrogens is 907 g/mol. The minimum atomic E-state index is 0.633. The van der Waals surface area contributed by atoms with Crippen molar-refractivity contribution in [2.75, 3.05) is 0 Å². The molecule has 14 rings (SSSR count). The Bertz CT molecular complexity index is 4760. The second-order valence-corrected chi connectivity index (χ2v) is 21.2. The molecule has 3 nitrogen and oxygen atoms in total. The molecule has 0 unspecified atom stereocenters. The Labute approximate surface area is 436 Å². The molecule has 12 aromatic rings. The summed E-state index contributed by atoms with van der Waals surface area (Å²) in [5.74, 6) is 0. The number of benzene rings is 12. The third-order valence-corrected chi connectivity index (χ3v) is 16.8. The summed E-state index contributed by atoms with van der Waals surface area (Å²) in [6.07, 6.45) is 0.